The fourth-order valence-electron chi connectivity index (χ4n) is 0.520. The van der Waals surface area contributed by atoms with E-state index in [1.54, 1.807) is 0 Å². The SMILES string of the molecule is [2H]C(C)CC([2H])CCC=C. The third kappa shape index (κ3) is 5.74. The Balaban J connectivity index is 3.24. The van der Waals surface area contributed by atoms with E-state index in [-0.39, 0.29) is 12.8 Å². The van der Waals surface area contributed by atoms with Gasteiger partial charge in [-0.1, -0.05) is 32.2 Å². The van der Waals surface area contributed by atoms with Crippen LogP contribution in [0, 0.1) is 0 Å². The predicted octanol–water partition coefficient (Wildman–Crippen LogP) is 3.14. The van der Waals surface area contributed by atoms with E-state index in [2.05, 4.69) is 6.58 Å². The standard InChI is InChI=1S/C8H16/c1-3-5-7-8-6-4-2/h3H,1,4-8H2,2H3/i4D,8D. The molecule has 0 spiro atoms. The first-order chi connectivity index (χ1) is 4.66. The third-order valence-corrected chi connectivity index (χ3v) is 0.977. The molecule has 0 aromatic rings. The number of allylic oxidation sites excluding steroid dienone is 1. The Labute approximate surface area is 55.4 Å². The minimum atomic E-state index is -0.0904. The van der Waals surface area contributed by atoms with E-state index in [4.69, 9.17) is 2.74 Å². The minimum absolute atomic E-state index is 0.0644. The number of rotatable bonds is 5. The molecule has 8 heavy (non-hydrogen) atoms. The summed E-state index contributed by atoms with van der Waals surface area (Å²) in [5, 5.41) is 0. The van der Waals surface area contributed by atoms with Crippen molar-refractivity contribution in [3.05, 3.63) is 12.7 Å². The maximum Gasteiger partial charge on any atom is 0.0267 e. The Kier molecular flexibility index (Phi) is 3.88. The fraction of sp³-hybridized carbons (Fsp3) is 0.750. The summed E-state index contributed by atoms with van der Waals surface area (Å²) in [5.41, 5.74) is 0. The van der Waals surface area contributed by atoms with Crippen molar-refractivity contribution in [2.45, 2.75) is 39.0 Å². The first kappa shape index (κ1) is 4.60. The highest BCUT2D eigenvalue weighted by molar-refractivity contribution is 4.64. The van der Waals surface area contributed by atoms with Gasteiger partial charge in [0.05, 0.1) is 0 Å². The molecule has 0 aliphatic carbocycles. The van der Waals surface area contributed by atoms with Crippen LogP contribution in [0.4, 0.5) is 0 Å². The van der Waals surface area contributed by atoms with Crippen LogP contribution < -0.4 is 0 Å². The lowest BCUT2D eigenvalue weighted by atomic mass is 10.2. The van der Waals surface area contributed by atoms with Gasteiger partial charge in [0, 0.05) is 2.74 Å². The second-order valence-electron chi connectivity index (χ2n) is 1.80. The van der Waals surface area contributed by atoms with Crippen molar-refractivity contribution in [2.24, 2.45) is 0 Å². The maximum atomic E-state index is 7.44. The summed E-state index contributed by atoms with van der Waals surface area (Å²) in [6.07, 6.45) is 4.12. The van der Waals surface area contributed by atoms with Gasteiger partial charge in [-0.15, -0.1) is 6.58 Å². The van der Waals surface area contributed by atoms with Crippen molar-refractivity contribution in [3.8, 4) is 0 Å². The van der Waals surface area contributed by atoms with Gasteiger partial charge in [0.2, 0.25) is 0 Å². The molecule has 0 aromatic carbocycles. The van der Waals surface area contributed by atoms with Gasteiger partial charge >= 0.3 is 0 Å². The van der Waals surface area contributed by atoms with Crippen molar-refractivity contribution in [2.75, 3.05) is 0 Å². The lowest BCUT2D eigenvalue weighted by Gasteiger charge is -1.91. The smallest absolute Gasteiger partial charge is 0.0267 e. The number of hydrogen-bond acceptors (Lipinski definition) is 0. The third-order valence-electron chi connectivity index (χ3n) is 0.977. The maximum absolute atomic E-state index is 7.44. The van der Waals surface area contributed by atoms with E-state index in [0.717, 1.165) is 12.8 Å². The quantitative estimate of drug-likeness (QED) is 0.482. The molecule has 0 heteroatoms. The first-order valence-corrected chi connectivity index (χ1v) is 3.12. The lowest BCUT2D eigenvalue weighted by Crippen LogP contribution is -1.71. The van der Waals surface area contributed by atoms with Gasteiger partial charge in [-0.2, -0.15) is 0 Å². The zero-order chi connectivity index (χ0) is 7.98. The average molecular weight is 114 g/mol. The molecule has 0 fully saturated rings. The molecule has 0 aliphatic heterocycles. The van der Waals surface area contributed by atoms with Crippen molar-refractivity contribution >= 4 is 0 Å². The van der Waals surface area contributed by atoms with Crippen LogP contribution in [-0.4, -0.2) is 0 Å². The molecule has 0 saturated heterocycles. The van der Waals surface area contributed by atoms with Crippen LogP contribution in [0.1, 0.15) is 41.7 Å². The molecule has 0 nitrogen and oxygen atoms in total. The highest BCUT2D eigenvalue weighted by Gasteiger charge is 1.81. The van der Waals surface area contributed by atoms with Gasteiger partial charge in [0.1, 0.15) is 0 Å². The van der Waals surface area contributed by atoms with Crippen molar-refractivity contribution in [1.82, 2.24) is 0 Å². The van der Waals surface area contributed by atoms with Crippen LogP contribution >= 0.6 is 0 Å². The van der Waals surface area contributed by atoms with Gasteiger partial charge in [-0.25, -0.2) is 0 Å². The molecule has 0 radical (unpaired) electrons. The molecular formula is C8H16. The van der Waals surface area contributed by atoms with Crippen molar-refractivity contribution in [1.29, 1.82) is 0 Å². The first-order valence-electron chi connectivity index (χ1n) is 4.27. The zero-order valence-corrected chi connectivity index (χ0v) is 5.56. The monoisotopic (exact) mass is 114 g/mol. The second-order valence-corrected chi connectivity index (χ2v) is 1.80. The van der Waals surface area contributed by atoms with Crippen LogP contribution in [0.5, 0.6) is 0 Å². The Bertz CT molecular complexity index is 89.3. The highest BCUT2D eigenvalue weighted by atomic mass is 13.9. The summed E-state index contributed by atoms with van der Waals surface area (Å²) < 4.78 is 14.6. The van der Waals surface area contributed by atoms with Crippen LogP contribution in [0.15, 0.2) is 12.7 Å². The Morgan fingerprint density at radius 2 is 2.38 bits per heavy atom. The topological polar surface area (TPSA) is 0 Å². The van der Waals surface area contributed by atoms with Crippen LogP contribution in [0.3, 0.4) is 0 Å². The fourth-order valence-corrected chi connectivity index (χ4v) is 0.520. The summed E-state index contributed by atoms with van der Waals surface area (Å²) in [4.78, 5) is 0. The lowest BCUT2D eigenvalue weighted by molar-refractivity contribution is 0.675. The van der Waals surface area contributed by atoms with Crippen molar-refractivity contribution in [3.63, 3.8) is 0 Å². The van der Waals surface area contributed by atoms with Gasteiger partial charge in [0.25, 0.3) is 0 Å². The van der Waals surface area contributed by atoms with E-state index >= 15 is 0 Å². The van der Waals surface area contributed by atoms with Gasteiger partial charge in [-0.3, -0.25) is 0 Å². The summed E-state index contributed by atoms with van der Waals surface area (Å²) in [6, 6.07) is 0. The van der Waals surface area contributed by atoms with Gasteiger partial charge in [0.15, 0.2) is 0 Å². The van der Waals surface area contributed by atoms with Crippen LogP contribution in [0.25, 0.3) is 0 Å². The average Bonchev–Trinajstić information content (AvgIpc) is 1.82. The molecule has 2 unspecified atom stereocenters. The van der Waals surface area contributed by atoms with Crippen LogP contribution in [0.2, 0.25) is 0 Å². The molecule has 0 amide bonds. The second kappa shape index (κ2) is 6.74. The highest BCUT2D eigenvalue weighted by Crippen LogP contribution is 2.01. The Hall–Kier alpha value is -0.260. The van der Waals surface area contributed by atoms with E-state index < -0.39 is 0 Å². The molecule has 48 valence electrons. The van der Waals surface area contributed by atoms with Crippen molar-refractivity contribution < 1.29 is 2.74 Å². The summed E-state index contributed by atoms with van der Waals surface area (Å²) >= 11 is 0. The zero-order valence-electron chi connectivity index (χ0n) is 7.56. The molecule has 0 saturated carbocycles. The molecule has 0 rings (SSSR count). The predicted molar refractivity (Wildman–Crippen MR) is 39.0 cm³/mol. The molecule has 2 atom stereocenters. The van der Waals surface area contributed by atoms with E-state index in [0.29, 0.717) is 6.42 Å². The number of hydrogen-bond donors (Lipinski definition) is 0. The normalized spacial score (nSPS) is 20.6. The van der Waals surface area contributed by atoms with Gasteiger partial charge < -0.3 is 0 Å². The summed E-state index contributed by atoms with van der Waals surface area (Å²) in [6.45, 7) is 5.41. The molecule has 0 aliphatic rings. The van der Waals surface area contributed by atoms with E-state index in [1.165, 1.54) is 0 Å². The molecule has 0 bridgehead atoms. The van der Waals surface area contributed by atoms with E-state index in [9.17, 15) is 0 Å². The molecule has 0 N–H and O–H groups in total. The van der Waals surface area contributed by atoms with Crippen LogP contribution in [-0.2, 0) is 0 Å². The summed E-state index contributed by atoms with van der Waals surface area (Å²) in [7, 11) is 0. The summed E-state index contributed by atoms with van der Waals surface area (Å²) in [5.74, 6) is 0. The van der Waals surface area contributed by atoms with Gasteiger partial charge in [-0.05, 0) is 12.8 Å². The Morgan fingerprint density at radius 1 is 1.62 bits per heavy atom. The Morgan fingerprint density at radius 3 is 2.88 bits per heavy atom. The largest absolute Gasteiger partial charge is 0.103 e. The molecule has 0 aromatic heterocycles. The molecular weight excluding hydrogens is 96.1 g/mol. The van der Waals surface area contributed by atoms with E-state index in [1.807, 2.05) is 13.0 Å². The molecule has 0 heterocycles. The minimum Gasteiger partial charge on any atom is -0.103 e.